The number of rotatable bonds is 5. The molecule has 1 N–H and O–H groups in total. The maximum absolute atomic E-state index is 12.4. The molecule has 2 rings (SSSR count). The molecule has 1 aromatic heterocycles. The molecule has 20 heavy (non-hydrogen) atoms. The molecule has 1 aliphatic rings. The minimum Gasteiger partial charge on any atom is -0.396 e. The Balaban J connectivity index is 2.02. The van der Waals surface area contributed by atoms with Crippen LogP contribution >= 0.6 is 23.1 Å². The third-order valence-electron chi connectivity index (χ3n) is 3.68. The average Bonchev–Trinajstić information content (AvgIpc) is 2.96. The normalized spacial score (nSPS) is 17.9. The van der Waals surface area contributed by atoms with Crippen molar-refractivity contribution >= 4 is 29.0 Å². The standard InChI is InChI=1S/C13H20N2O3S2/c1-15(8-13(9-16)3-5-18-6-4-13)11(17)10-7-20-12(14-10)19-2/h7,16H,3-6,8-9H2,1-2H3. The van der Waals surface area contributed by atoms with E-state index in [1.807, 2.05) is 6.26 Å². The fourth-order valence-electron chi connectivity index (χ4n) is 2.39. The molecule has 0 unspecified atom stereocenters. The smallest absolute Gasteiger partial charge is 0.273 e. The van der Waals surface area contributed by atoms with Crippen LogP contribution in [0, 0.1) is 5.41 Å². The van der Waals surface area contributed by atoms with Gasteiger partial charge in [-0.3, -0.25) is 4.79 Å². The van der Waals surface area contributed by atoms with Crippen LogP contribution in [0.25, 0.3) is 0 Å². The Bertz CT molecular complexity index is 458. The molecular formula is C13H20N2O3S2. The van der Waals surface area contributed by atoms with Crippen molar-refractivity contribution in [2.75, 3.05) is 39.7 Å². The van der Waals surface area contributed by atoms with Crippen LogP contribution in [-0.2, 0) is 4.74 Å². The van der Waals surface area contributed by atoms with E-state index in [0.29, 0.717) is 25.5 Å². The van der Waals surface area contributed by atoms with Crippen molar-refractivity contribution in [3.05, 3.63) is 11.1 Å². The minimum atomic E-state index is -0.235. The number of aliphatic hydroxyl groups is 1. The Morgan fingerprint density at radius 1 is 1.60 bits per heavy atom. The highest BCUT2D eigenvalue weighted by molar-refractivity contribution is 8.00. The number of hydrogen-bond donors (Lipinski definition) is 1. The molecule has 0 radical (unpaired) electrons. The van der Waals surface area contributed by atoms with Gasteiger partial charge in [-0.05, 0) is 19.1 Å². The van der Waals surface area contributed by atoms with Crippen molar-refractivity contribution in [1.82, 2.24) is 9.88 Å². The van der Waals surface area contributed by atoms with Gasteiger partial charge in [0.15, 0.2) is 0 Å². The molecule has 1 aromatic rings. The number of thiazole rings is 1. The van der Waals surface area contributed by atoms with E-state index in [1.54, 1.807) is 17.3 Å². The summed E-state index contributed by atoms with van der Waals surface area (Å²) in [6.07, 6.45) is 3.52. The Morgan fingerprint density at radius 2 is 2.30 bits per heavy atom. The summed E-state index contributed by atoms with van der Waals surface area (Å²) in [4.78, 5) is 18.3. The zero-order valence-electron chi connectivity index (χ0n) is 11.8. The van der Waals surface area contributed by atoms with E-state index in [0.717, 1.165) is 17.2 Å². The maximum atomic E-state index is 12.4. The van der Waals surface area contributed by atoms with E-state index in [9.17, 15) is 9.90 Å². The Kier molecular flexibility index (Phi) is 5.42. The van der Waals surface area contributed by atoms with Gasteiger partial charge in [-0.15, -0.1) is 11.3 Å². The van der Waals surface area contributed by atoms with Crippen LogP contribution in [-0.4, -0.2) is 60.6 Å². The summed E-state index contributed by atoms with van der Waals surface area (Å²) in [5.41, 5.74) is 0.253. The Hall–Kier alpha value is -0.630. The molecular weight excluding hydrogens is 296 g/mol. The number of amides is 1. The summed E-state index contributed by atoms with van der Waals surface area (Å²) in [5, 5.41) is 11.5. The molecule has 5 nitrogen and oxygen atoms in total. The summed E-state index contributed by atoms with van der Waals surface area (Å²) in [6.45, 7) is 1.92. The molecule has 7 heteroatoms. The zero-order chi connectivity index (χ0) is 14.6. The van der Waals surface area contributed by atoms with Crippen molar-refractivity contribution in [3.8, 4) is 0 Å². The highest BCUT2D eigenvalue weighted by atomic mass is 32.2. The predicted octanol–water partition coefficient (Wildman–Crippen LogP) is 1.73. The molecule has 112 valence electrons. The molecule has 1 saturated heterocycles. The fraction of sp³-hybridized carbons (Fsp3) is 0.692. The fourth-order valence-corrected chi connectivity index (χ4v) is 3.63. The predicted molar refractivity (Wildman–Crippen MR) is 80.4 cm³/mol. The maximum Gasteiger partial charge on any atom is 0.273 e. The summed E-state index contributed by atoms with van der Waals surface area (Å²) in [6, 6.07) is 0. The third-order valence-corrected chi connectivity index (χ3v) is 5.55. The first-order valence-corrected chi connectivity index (χ1v) is 8.64. The van der Waals surface area contributed by atoms with E-state index in [4.69, 9.17) is 4.74 Å². The molecule has 0 aromatic carbocycles. The van der Waals surface area contributed by atoms with Crippen LogP contribution in [0.4, 0.5) is 0 Å². The van der Waals surface area contributed by atoms with E-state index >= 15 is 0 Å². The lowest BCUT2D eigenvalue weighted by atomic mass is 9.80. The minimum absolute atomic E-state index is 0.0825. The van der Waals surface area contributed by atoms with Crippen LogP contribution in [0.15, 0.2) is 9.72 Å². The van der Waals surface area contributed by atoms with Crippen LogP contribution in [0.1, 0.15) is 23.3 Å². The van der Waals surface area contributed by atoms with Gasteiger partial charge in [-0.2, -0.15) is 0 Å². The van der Waals surface area contributed by atoms with Crippen LogP contribution in [0.5, 0.6) is 0 Å². The van der Waals surface area contributed by atoms with Gasteiger partial charge in [0.1, 0.15) is 10.0 Å². The largest absolute Gasteiger partial charge is 0.396 e. The SMILES string of the molecule is CSc1nc(C(=O)N(C)CC2(CO)CCOCC2)cs1. The molecule has 1 amide bonds. The van der Waals surface area contributed by atoms with Crippen molar-refractivity contribution in [2.24, 2.45) is 5.41 Å². The number of carbonyl (C=O) groups is 1. The van der Waals surface area contributed by atoms with E-state index in [-0.39, 0.29) is 17.9 Å². The van der Waals surface area contributed by atoms with Crippen molar-refractivity contribution in [2.45, 2.75) is 17.2 Å². The monoisotopic (exact) mass is 316 g/mol. The van der Waals surface area contributed by atoms with Crippen molar-refractivity contribution in [1.29, 1.82) is 0 Å². The highest BCUT2D eigenvalue weighted by Gasteiger charge is 2.34. The topological polar surface area (TPSA) is 62.7 Å². The summed E-state index contributed by atoms with van der Waals surface area (Å²) in [5.74, 6) is -0.0825. The number of nitrogens with zero attached hydrogens (tertiary/aromatic N) is 2. The quantitative estimate of drug-likeness (QED) is 0.838. The number of ether oxygens (including phenoxy) is 1. The first-order chi connectivity index (χ1) is 9.60. The van der Waals surface area contributed by atoms with Gasteiger partial charge in [0.2, 0.25) is 0 Å². The molecule has 0 saturated carbocycles. The number of carbonyl (C=O) groups excluding carboxylic acids is 1. The van der Waals surface area contributed by atoms with Gasteiger partial charge in [0.25, 0.3) is 5.91 Å². The first-order valence-electron chi connectivity index (χ1n) is 6.54. The van der Waals surface area contributed by atoms with E-state index in [2.05, 4.69) is 4.98 Å². The second-order valence-corrected chi connectivity index (χ2v) is 7.05. The lowest BCUT2D eigenvalue weighted by Gasteiger charge is -2.38. The Morgan fingerprint density at radius 3 is 2.85 bits per heavy atom. The van der Waals surface area contributed by atoms with Crippen molar-refractivity contribution in [3.63, 3.8) is 0 Å². The number of thioether (sulfide) groups is 1. The van der Waals surface area contributed by atoms with Crippen LogP contribution in [0.2, 0.25) is 0 Å². The van der Waals surface area contributed by atoms with Gasteiger partial charge in [-0.1, -0.05) is 11.8 Å². The van der Waals surface area contributed by atoms with Gasteiger partial charge >= 0.3 is 0 Å². The zero-order valence-corrected chi connectivity index (χ0v) is 13.4. The average molecular weight is 316 g/mol. The van der Waals surface area contributed by atoms with Crippen LogP contribution < -0.4 is 0 Å². The molecule has 1 aliphatic heterocycles. The third kappa shape index (κ3) is 3.52. The second-order valence-electron chi connectivity index (χ2n) is 5.13. The summed E-state index contributed by atoms with van der Waals surface area (Å²) < 4.78 is 6.24. The first kappa shape index (κ1) is 15.8. The van der Waals surface area contributed by atoms with Gasteiger partial charge < -0.3 is 14.7 Å². The number of hydrogen-bond acceptors (Lipinski definition) is 6. The summed E-state index contributed by atoms with van der Waals surface area (Å²) in [7, 11) is 1.77. The Labute approximate surface area is 127 Å². The number of aromatic nitrogens is 1. The molecule has 2 heterocycles. The lowest BCUT2D eigenvalue weighted by molar-refractivity contribution is -0.0283. The molecule has 1 fully saturated rings. The van der Waals surface area contributed by atoms with Crippen LogP contribution in [0.3, 0.4) is 0 Å². The van der Waals surface area contributed by atoms with E-state index in [1.165, 1.54) is 23.1 Å². The lowest BCUT2D eigenvalue weighted by Crippen LogP contribution is -2.44. The molecule has 0 bridgehead atoms. The summed E-state index contributed by atoms with van der Waals surface area (Å²) >= 11 is 3.02. The second kappa shape index (κ2) is 6.89. The van der Waals surface area contributed by atoms with Gasteiger partial charge in [0, 0.05) is 37.6 Å². The molecule has 0 atom stereocenters. The van der Waals surface area contributed by atoms with Crippen molar-refractivity contribution < 1.29 is 14.6 Å². The van der Waals surface area contributed by atoms with E-state index < -0.39 is 0 Å². The number of aliphatic hydroxyl groups excluding tert-OH is 1. The van der Waals surface area contributed by atoms with Gasteiger partial charge in [-0.25, -0.2) is 4.98 Å². The van der Waals surface area contributed by atoms with Gasteiger partial charge in [0.05, 0.1) is 6.61 Å². The molecule has 0 aliphatic carbocycles. The highest BCUT2D eigenvalue weighted by Crippen LogP contribution is 2.31. The molecule has 0 spiro atoms.